The minimum atomic E-state index is -0.0690. The Morgan fingerprint density at radius 2 is 1.83 bits per heavy atom. The molecule has 0 spiro atoms. The first-order valence-corrected chi connectivity index (χ1v) is 8.65. The molecule has 24 heavy (non-hydrogen) atoms. The third-order valence-corrected chi connectivity index (χ3v) is 5.42. The highest BCUT2D eigenvalue weighted by Crippen LogP contribution is 2.25. The Kier molecular flexibility index (Phi) is 3.92. The normalized spacial score (nSPS) is 26.9. The van der Waals surface area contributed by atoms with Crippen LogP contribution in [0.3, 0.4) is 0 Å². The van der Waals surface area contributed by atoms with E-state index in [0.717, 1.165) is 13.1 Å². The average molecular weight is 329 g/mol. The summed E-state index contributed by atoms with van der Waals surface area (Å²) in [7, 11) is 1.79. The van der Waals surface area contributed by atoms with Crippen LogP contribution in [0.5, 0.6) is 0 Å². The minimum Gasteiger partial charge on any atom is -0.372 e. The second-order valence-electron chi connectivity index (χ2n) is 6.87. The van der Waals surface area contributed by atoms with Gasteiger partial charge in [-0.3, -0.25) is 9.59 Å². The summed E-state index contributed by atoms with van der Waals surface area (Å²) in [6.07, 6.45) is 2.41. The highest BCUT2D eigenvalue weighted by atomic mass is 16.5. The molecule has 0 aromatic heterocycles. The summed E-state index contributed by atoms with van der Waals surface area (Å²) in [5.41, 5.74) is 1.89. The fraction of sp³-hybridized carbons (Fsp3) is 0.556. The summed E-state index contributed by atoms with van der Waals surface area (Å²) in [5.74, 6) is 0.00216. The largest absolute Gasteiger partial charge is 0.372 e. The molecule has 0 N–H and O–H groups in total. The number of anilines is 1. The summed E-state index contributed by atoms with van der Waals surface area (Å²) < 4.78 is 5.60. The van der Waals surface area contributed by atoms with Crippen LogP contribution in [-0.4, -0.2) is 73.6 Å². The van der Waals surface area contributed by atoms with Gasteiger partial charge in [-0.15, -0.1) is 0 Å². The lowest BCUT2D eigenvalue weighted by Gasteiger charge is -2.33. The Morgan fingerprint density at radius 3 is 2.54 bits per heavy atom. The van der Waals surface area contributed by atoms with Crippen molar-refractivity contribution >= 4 is 17.5 Å². The molecule has 128 valence electrons. The molecular weight excluding hydrogens is 306 g/mol. The Bertz CT molecular complexity index is 639. The maximum Gasteiger partial charge on any atom is 0.254 e. The number of amides is 2. The van der Waals surface area contributed by atoms with E-state index in [0.29, 0.717) is 18.7 Å². The van der Waals surface area contributed by atoms with Crippen molar-refractivity contribution in [1.82, 2.24) is 9.80 Å². The molecule has 3 aliphatic rings. The first kappa shape index (κ1) is 15.4. The van der Waals surface area contributed by atoms with Crippen LogP contribution in [0.1, 0.15) is 23.2 Å². The van der Waals surface area contributed by atoms with E-state index in [4.69, 9.17) is 4.74 Å². The zero-order chi connectivity index (χ0) is 16.7. The molecule has 2 atom stereocenters. The van der Waals surface area contributed by atoms with Gasteiger partial charge < -0.3 is 19.4 Å². The Morgan fingerprint density at radius 1 is 1.12 bits per heavy atom. The maximum absolute atomic E-state index is 12.8. The molecule has 3 fully saturated rings. The van der Waals surface area contributed by atoms with Crippen LogP contribution in [0, 0.1) is 0 Å². The molecule has 3 saturated heterocycles. The Hall–Kier alpha value is -2.08. The van der Waals surface area contributed by atoms with Gasteiger partial charge in [0.05, 0.1) is 12.1 Å². The molecule has 0 bridgehead atoms. The summed E-state index contributed by atoms with van der Waals surface area (Å²) in [4.78, 5) is 30.4. The lowest BCUT2D eigenvalue weighted by atomic mass is 10.1. The zero-order valence-electron chi connectivity index (χ0n) is 14.0. The van der Waals surface area contributed by atoms with E-state index in [1.807, 2.05) is 24.3 Å². The molecule has 4 rings (SSSR count). The topological polar surface area (TPSA) is 53.1 Å². The van der Waals surface area contributed by atoms with Gasteiger partial charge in [-0.25, -0.2) is 0 Å². The number of carbonyl (C=O) groups excluding carboxylic acids is 2. The number of rotatable bonds is 2. The van der Waals surface area contributed by atoms with E-state index in [9.17, 15) is 9.59 Å². The number of likely N-dealkylation sites (tertiary alicyclic amines) is 1. The predicted molar refractivity (Wildman–Crippen MR) is 90.1 cm³/mol. The molecule has 1 aromatic carbocycles. The van der Waals surface area contributed by atoms with E-state index in [1.54, 1.807) is 16.8 Å². The van der Waals surface area contributed by atoms with Gasteiger partial charge in [0.1, 0.15) is 6.61 Å². The molecule has 0 radical (unpaired) electrons. The number of likely N-dealkylation sites (N-methyl/N-ethyl adjacent to an activating group) is 1. The molecule has 6 nitrogen and oxygen atoms in total. The van der Waals surface area contributed by atoms with Gasteiger partial charge in [0.25, 0.3) is 5.91 Å². The number of morpholine rings is 1. The molecular formula is C18H23N3O3. The van der Waals surface area contributed by atoms with Crippen LogP contribution >= 0.6 is 0 Å². The van der Waals surface area contributed by atoms with Gasteiger partial charge in [0.2, 0.25) is 5.91 Å². The standard InChI is InChI=1S/C18H23N3O3/c1-19-15-10-21(11-16(15)24-12-17(19)22)18(23)13-4-6-14(7-5-13)20-8-2-3-9-20/h4-7,15-16H,2-3,8-12H2,1H3/t15-,16-/m0/s1. The van der Waals surface area contributed by atoms with Crippen LogP contribution in [0.2, 0.25) is 0 Å². The smallest absolute Gasteiger partial charge is 0.254 e. The van der Waals surface area contributed by atoms with Crippen LogP contribution in [0.15, 0.2) is 24.3 Å². The SMILES string of the molecule is CN1C(=O)CO[C@H]2CN(C(=O)c3ccc(N4CCCC4)cc3)C[C@@H]21. The monoisotopic (exact) mass is 329 g/mol. The first-order valence-electron chi connectivity index (χ1n) is 8.65. The third kappa shape index (κ3) is 2.65. The molecule has 0 unspecified atom stereocenters. The van der Waals surface area contributed by atoms with Crippen molar-refractivity contribution in [2.45, 2.75) is 25.0 Å². The molecule has 3 heterocycles. The molecule has 3 aliphatic heterocycles. The lowest BCUT2D eigenvalue weighted by Crippen LogP contribution is -2.51. The van der Waals surface area contributed by atoms with Crippen LogP contribution in [0.4, 0.5) is 5.69 Å². The number of hydrogen-bond acceptors (Lipinski definition) is 4. The Labute approximate surface area is 142 Å². The molecule has 1 aromatic rings. The van der Waals surface area contributed by atoms with E-state index < -0.39 is 0 Å². The van der Waals surface area contributed by atoms with Crippen LogP contribution in [0.25, 0.3) is 0 Å². The zero-order valence-corrected chi connectivity index (χ0v) is 14.0. The van der Waals surface area contributed by atoms with Gasteiger partial charge in [0.15, 0.2) is 0 Å². The van der Waals surface area contributed by atoms with E-state index in [2.05, 4.69) is 4.90 Å². The van der Waals surface area contributed by atoms with Crippen LogP contribution < -0.4 is 4.90 Å². The fourth-order valence-electron chi connectivity index (χ4n) is 3.90. The van der Waals surface area contributed by atoms with Crippen molar-refractivity contribution in [1.29, 1.82) is 0 Å². The number of carbonyl (C=O) groups is 2. The van der Waals surface area contributed by atoms with Gasteiger partial charge >= 0.3 is 0 Å². The van der Waals surface area contributed by atoms with E-state index in [-0.39, 0.29) is 30.6 Å². The van der Waals surface area contributed by atoms with Crippen molar-refractivity contribution in [3.63, 3.8) is 0 Å². The van der Waals surface area contributed by atoms with E-state index >= 15 is 0 Å². The van der Waals surface area contributed by atoms with Crippen molar-refractivity contribution in [3.05, 3.63) is 29.8 Å². The Balaban J connectivity index is 1.45. The summed E-state index contributed by atoms with van der Waals surface area (Å²) in [6.45, 7) is 3.40. The van der Waals surface area contributed by atoms with Crippen molar-refractivity contribution in [3.8, 4) is 0 Å². The first-order chi connectivity index (χ1) is 11.6. The second kappa shape index (κ2) is 6.09. The van der Waals surface area contributed by atoms with Gasteiger partial charge in [-0.05, 0) is 37.1 Å². The third-order valence-electron chi connectivity index (χ3n) is 5.42. The highest BCUT2D eigenvalue weighted by molar-refractivity contribution is 5.95. The van der Waals surface area contributed by atoms with E-state index in [1.165, 1.54) is 18.5 Å². The van der Waals surface area contributed by atoms with Gasteiger partial charge in [-0.1, -0.05) is 0 Å². The number of benzene rings is 1. The maximum atomic E-state index is 12.8. The minimum absolute atomic E-state index is 0.0134. The number of hydrogen-bond donors (Lipinski definition) is 0. The number of nitrogens with zero attached hydrogens (tertiary/aromatic N) is 3. The van der Waals surface area contributed by atoms with Crippen molar-refractivity contribution < 1.29 is 14.3 Å². The predicted octanol–water partition coefficient (Wildman–Crippen LogP) is 0.968. The summed E-state index contributed by atoms with van der Waals surface area (Å²) in [6, 6.07) is 7.86. The van der Waals surface area contributed by atoms with Crippen molar-refractivity contribution in [2.24, 2.45) is 0 Å². The van der Waals surface area contributed by atoms with Crippen molar-refractivity contribution in [2.75, 3.05) is 44.7 Å². The van der Waals surface area contributed by atoms with Gasteiger partial charge in [-0.2, -0.15) is 0 Å². The fourth-order valence-corrected chi connectivity index (χ4v) is 3.90. The summed E-state index contributed by atoms with van der Waals surface area (Å²) >= 11 is 0. The van der Waals surface area contributed by atoms with Gasteiger partial charge in [0, 0.05) is 44.5 Å². The molecule has 0 saturated carbocycles. The number of fused-ring (bicyclic) bond motifs is 1. The molecule has 6 heteroatoms. The highest BCUT2D eigenvalue weighted by Gasteiger charge is 2.43. The average Bonchev–Trinajstić information content (AvgIpc) is 3.27. The quantitative estimate of drug-likeness (QED) is 0.811. The van der Waals surface area contributed by atoms with Crippen LogP contribution in [-0.2, 0) is 9.53 Å². The second-order valence-corrected chi connectivity index (χ2v) is 6.87. The number of ether oxygens (including phenoxy) is 1. The molecule has 2 amide bonds. The lowest BCUT2D eigenvalue weighted by molar-refractivity contribution is -0.150. The summed E-state index contributed by atoms with van der Waals surface area (Å²) in [5, 5.41) is 0. The molecule has 0 aliphatic carbocycles.